The number of benzene rings is 2. The zero-order valence-electron chi connectivity index (χ0n) is 12.1. The molecule has 3 heteroatoms. The second-order valence-corrected chi connectivity index (χ2v) is 5.59. The predicted octanol–water partition coefficient (Wildman–Crippen LogP) is 3.77. The van der Waals surface area contributed by atoms with Crippen molar-refractivity contribution >= 4 is 11.5 Å². The summed E-state index contributed by atoms with van der Waals surface area (Å²) in [5.41, 5.74) is 4.12. The first-order chi connectivity index (χ1) is 10.1. The quantitative estimate of drug-likeness (QED) is 0.799. The van der Waals surface area contributed by atoms with Crippen molar-refractivity contribution in [3.05, 3.63) is 65.0 Å². The lowest BCUT2D eigenvalue weighted by Crippen LogP contribution is -2.34. The molecule has 0 bridgehead atoms. The number of hydrogen-bond donors (Lipinski definition) is 0. The summed E-state index contributed by atoms with van der Waals surface area (Å²) < 4.78 is 13.2. The van der Waals surface area contributed by atoms with Gasteiger partial charge >= 0.3 is 0 Å². The molecular weight excluding hydrogens is 265 g/mol. The number of carbonyl (C=O) groups excluding carboxylic acids is 1. The highest BCUT2D eigenvalue weighted by atomic mass is 19.1. The maximum Gasteiger partial charge on any atom is 0.182 e. The van der Waals surface area contributed by atoms with Crippen LogP contribution in [0.3, 0.4) is 0 Å². The molecule has 2 aromatic carbocycles. The van der Waals surface area contributed by atoms with Crippen LogP contribution in [0.4, 0.5) is 10.1 Å². The van der Waals surface area contributed by atoms with Crippen molar-refractivity contribution in [1.82, 2.24) is 0 Å². The third-order valence-electron chi connectivity index (χ3n) is 3.93. The van der Waals surface area contributed by atoms with Crippen LogP contribution in [-0.4, -0.2) is 18.9 Å². The Morgan fingerprint density at radius 3 is 2.90 bits per heavy atom. The molecule has 0 N–H and O–H groups in total. The summed E-state index contributed by atoms with van der Waals surface area (Å²) in [5, 5.41) is 0. The average molecular weight is 283 g/mol. The fourth-order valence-electron chi connectivity index (χ4n) is 2.89. The van der Waals surface area contributed by atoms with E-state index in [1.807, 2.05) is 0 Å². The number of ketones is 1. The molecule has 0 spiro atoms. The molecule has 2 nitrogen and oxygen atoms in total. The Hall–Kier alpha value is -2.16. The third-order valence-corrected chi connectivity index (χ3v) is 3.93. The Bertz CT molecular complexity index is 681. The molecule has 0 fully saturated rings. The van der Waals surface area contributed by atoms with E-state index in [1.165, 1.54) is 23.3 Å². The second-order valence-electron chi connectivity index (χ2n) is 5.59. The maximum atomic E-state index is 13.2. The highest BCUT2D eigenvalue weighted by Gasteiger charge is 2.19. The minimum absolute atomic E-state index is 0.0390. The van der Waals surface area contributed by atoms with Gasteiger partial charge in [0.25, 0.3) is 0 Å². The Morgan fingerprint density at radius 2 is 2.10 bits per heavy atom. The molecule has 1 heterocycles. The van der Waals surface area contributed by atoms with Crippen molar-refractivity contribution in [3.8, 4) is 0 Å². The zero-order valence-corrected chi connectivity index (χ0v) is 12.1. The normalized spacial score (nSPS) is 13.9. The molecule has 108 valence electrons. The van der Waals surface area contributed by atoms with E-state index >= 15 is 0 Å². The lowest BCUT2D eigenvalue weighted by Gasteiger charge is -2.31. The summed E-state index contributed by atoms with van der Waals surface area (Å²) in [6.45, 7) is 3.26. The maximum absolute atomic E-state index is 13.2. The van der Waals surface area contributed by atoms with Gasteiger partial charge in [-0.1, -0.05) is 29.8 Å². The summed E-state index contributed by atoms with van der Waals surface area (Å²) in [7, 11) is 0. The summed E-state index contributed by atoms with van der Waals surface area (Å²) in [6, 6.07) is 12.3. The van der Waals surface area contributed by atoms with Crippen LogP contribution >= 0.6 is 0 Å². The molecule has 21 heavy (non-hydrogen) atoms. The van der Waals surface area contributed by atoms with E-state index < -0.39 is 0 Å². The molecule has 0 radical (unpaired) electrons. The molecule has 1 aliphatic heterocycles. The molecule has 0 aliphatic carbocycles. The van der Waals surface area contributed by atoms with Gasteiger partial charge in [0.05, 0.1) is 6.54 Å². The van der Waals surface area contributed by atoms with Crippen LogP contribution in [0.15, 0.2) is 42.5 Å². The molecule has 0 amide bonds. The summed E-state index contributed by atoms with van der Waals surface area (Å²) >= 11 is 0. The van der Waals surface area contributed by atoms with E-state index in [0.29, 0.717) is 12.1 Å². The predicted molar refractivity (Wildman–Crippen MR) is 82.4 cm³/mol. The minimum Gasteiger partial charge on any atom is -0.364 e. The smallest absolute Gasteiger partial charge is 0.182 e. The molecule has 0 saturated carbocycles. The Morgan fingerprint density at radius 1 is 1.24 bits per heavy atom. The van der Waals surface area contributed by atoms with Crippen molar-refractivity contribution < 1.29 is 9.18 Å². The van der Waals surface area contributed by atoms with Crippen LogP contribution in [0.1, 0.15) is 27.9 Å². The highest BCUT2D eigenvalue weighted by Crippen LogP contribution is 2.28. The van der Waals surface area contributed by atoms with Crippen molar-refractivity contribution in [2.45, 2.75) is 19.8 Å². The molecule has 0 atom stereocenters. The first-order valence-corrected chi connectivity index (χ1v) is 7.27. The van der Waals surface area contributed by atoms with Gasteiger partial charge in [-0.05, 0) is 43.5 Å². The standard InChI is InChI=1S/C18H18FNO/c1-13-7-8-17-14(10-13)5-3-9-20(17)12-18(21)15-4-2-6-16(19)11-15/h2,4,6-8,10-11H,3,5,9,12H2,1H3. The van der Waals surface area contributed by atoms with E-state index in [2.05, 4.69) is 30.0 Å². The molecule has 1 aliphatic rings. The minimum atomic E-state index is -0.365. The Labute approximate surface area is 124 Å². The van der Waals surface area contributed by atoms with Gasteiger partial charge in [-0.15, -0.1) is 0 Å². The van der Waals surface area contributed by atoms with Gasteiger partial charge in [0.1, 0.15) is 5.82 Å². The van der Waals surface area contributed by atoms with Crippen molar-refractivity contribution in [3.63, 3.8) is 0 Å². The van der Waals surface area contributed by atoms with Gasteiger partial charge in [-0.3, -0.25) is 4.79 Å². The molecule has 3 rings (SSSR count). The average Bonchev–Trinajstić information content (AvgIpc) is 2.47. The lowest BCUT2D eigenvalue weighted by molar-refractivity contribution is 0.0998. The number of anilines is 1. The van der Waals surface area contributed by atoms with E-state index in [-0.39, 0.29) is 11.6 Å². The summed E-state index contributed by atoms with van der Waals surface area (Å²) in [6.07, 6.45) is 2.11. The number of Topliss-reactive ketones (excluding diaryl/α,β-unsaturated/α-hetero) is 1. The monoisotopic (exact) mass is 283 g/mol. The number of hydrogen-bond acceptors (Lipinski definition) is 2. The molecule has 2 aromatic rings. The number of rotatable bonds is 3. The van der Waals surface area contributed by atoms with Crippen LogP contribution in [0.2, 0.25) is 0 Å². The highest BCUT2D eigenvalue weighted by molar-refractivity contribution is 5.99. The first-order valence-electron chi connectivity index (χ1n) is 7.27. The van der Waals surface area contributed by atoms with E-state index in [9.17, 15) is 9.18 Å². The largest absolute Gasteiger partial charge is 0.364 e. The van der Waals surface area contributed by atoms with E-state index in [1.54, 1.807) is 12.1 Å². The Kier molecular flexibility index (Phi) is 3.74. The SMILES string of the molecule is Cc1ccc2c(c1)CCCN2CC(=O)c1cccc(F)c1. The van der Waals surface area contributed by atoms with Crippen LogP contribution in [-0.2, 0) is 6.42 Å². The van der Waals surface area contributed by atoms with Gasteiger partial charge < -0.3 is 4.90 Å². The number of aryl methyl sites for hydroxylation is 2. The molecule has 0 unspecified atom stereocenters. The van der Waals surface area contributed by atoms with Crippen LogP contribution in [0.5, 0.6) is 0 Å². The zero-order chi connectivity index (χ0) is 14.8. The number of halogens is 1. The van der Waals surface area contributed by atoms with Crippen molar-refractivity contribution in [2.24, 2.45) is 0 Å². The van der Waals surface area contributed by atoms with Gasteiger partial charge in [-0.2, -0.15) is 0 Å². The second kappa shape index (κ2) is 5.68. The van der Waals surface area contributed by atoms with Crippen LogP contribution in [0.25, 0.3) is 0 Å². The fourth-order valence-corrected chi connectivity index (χ4v) is 2.89. The van der Waals surface area contributed by atoms with Gasteiger partial charge in [0.2, 0.25) is 0 Å². The molecule has 0 aromatic heterocycles. The summed E-state index contributed by atoms with van der Waals surface area (Å²) in [5.74, 6) is -0.404. The van der Waals surface area contributed by atoms with Crippen LogP contribution < -0.4 is 4.90 Å². The number of nitrogens with zero attached hydrogens (tertiary/aromatic N) is 1. The molecular formula is C18H18FNO. The van der Waals surface area contributed by atoms with Gasteiger partial charge in [0.15, 0.2) is 5.78 Å². The van der Waals surface area contributed by atoms with Crippen molar-refractivity contribution in [1.29, 1.82) is 0 Å². The molecule has 0 saturated heterocycles. The Balaban J connectivity index is 1.82. The first kappa shape index (κ1) is 13.8. The summed E-state index contributed by atoms with van der Waals surface area (Å²) in [4.78, 5) is 14.4. The lowest BCUT2D eigenvalue weighted by atomic mass is 9.99. The van der Waals surface area contributed by atoms with Gasteiger partial charge in [0, 0.05) is 17.8 Å². The fraction of sp³-hybridized carbons (Fsp3) is 0.278. The number of fused-ring (bicyclic) bond motifs is 1. The van der Waals surface area contributed by atoms with Crippen molar-refractivity contribution in [2.75, 3.05) is 18.0 Å². The number of carbonyl (C=O) groups is 1. The topological polar surface area (TPSA) is 20.3 Å². The van der Waals surface area contributed by atoms with E-state index in [4.69, 9.17) is 0 Å². The van der Waals surface area contributed by atoms with Gasteiger partial charge in [-0.25, -0.2) is 4.39 Å². The van der Waals surface area contributed by atoms with E-state index in [0.717, 1.165) is 25.1 Å². The third kappa shape index (κ3) is 2.97. The van der Waals surface area contributed by atoms with Crippen LogP contribution in [0, 0.1) is 12.7 Å².